The van der Waals surface area contributed by atoms with E-state index in [0.717, 1.165) is 22.6 Å². The molecule has 27 heavy (non-hydrogen) atoms. The molecule has 0 fully saturated rings. The van der Waals surface area contributed by atoms with E-state index in [2.05, 4.69) is 10.6 Å². The molecule has 0 saturated carbocycles. The van der Waals surface area contributed by atoms with E-state index in [1.54, 1.807) is 7.11 Å². The number of rotatable bonds is 6. The van der Waals surface area contributed by atoms with Gasteiger partial charge in [0.25, 0.3) is 0 Å². The first-order chi connectivity index (χ1) is 13.0. The minimum atomic E-state index is -0.551. The van der Waals surface area contributed by atoms with Crippen LogP contribution in [0.1, 0.15) is 25.0 Å². The number of hydrogen-bond acceptors (Lipinski definition) is 4. The van der Waals surface area contributed by atoms with E-state index in [4.69, 9.17) is 14.2 Å². The second kappa shape index (κ2) is 8.20. The molecule has 0 unspecified atom stereocenters. The quantitative estimate of drug-likeness (QED) is 0.819. The second-order valence-electron chi connectivity index (χ2n) is 6.93. The van der Waals surface area contributed by atoms with Gasteiger partial charge in [-0.05, 0) is 49.6 Å². The number of urea groups is 1. The van der Waals surface area contributed by atoms with E-state index < -0.39 is 5.54 Å². The number of carbonyl (C=O) groups is 1. The molecule has 0 aliphatic carbocycles. The summed E-state index contributed by atoms with van der Waals surface area (Å²) in [6.45, 7) is 5.52. The lowest BCUT2D eigenvalue weighted by atomic mass is 9.94. The summed E-state index contributed by atoms with van der Waals surface area (Å²) in [6.07, 6.45) is 0.696. The minimum absolute atomic E-state index is 0.218. The number of para-hydroxylation sites is 1. The summed E-state index contributed by atoms with van der Waals surface area (Å²) in [4.78, 5) is 12.4. The van der Waals surface area contributed by atoms with Gasteiger partial charge in [0.2, 0.25) is 0 Å². The molecule has 0 bridgehead atoms. The van der Waals surface area contributed by atoms with Crippen LogP contribution in [0.5, 0.6) is 17.2 Å². The van der Waals surface area contributed by atoms with Crippen molar-refractivity contribution in [2.24, 2.45) is 0 Å². The number of methoxy groups -OCH3 is 1. The van der Waals surface area contributed by atoms with Crippen LogP contribution >= 0.6 is 0 Å². The topological polar surface area (TPSA) is 68.8 Å². The number of hydrogen-bond donors (Lipinski definition) is 2. The number of benzene rings is 2. The molecular weight excluding hydrogens is 344 g/mol. The highest BCUT2D eigenvalue weighted by Crippen LogP contribution is 2.34. The number of fused-ring (bicyclic) bond motifs is 1. The Hall–Kier alpha value is -2.89. The molecule has 0 aromatic heterocycles. The standard InChI is InChI=1S/C21H26N2O4/c1-21(2,16-8-9-18-19(14-16)27-13-12-26-18)23-20(24)22-11-10-15-6-4-5-7-17(15)25-3/h4-9,14H,10-13H2,1-3H3,(H2,22,23,24). The molecule has 0 saturated heterocycles. The summed E-state index contributed by atoms with van der Waals surface area (Å²) in [7, 11) is 1.65. The van der Waals surface area contributed by atoms with Gasteiger partial charge in [-0.2, -0.15) is 0 Å². The molecule has 6 heteroatoms. The zero-order valence-corrected chi connectivity index (χ0v) is 16.0. The maximum atomic E-state index is 12.4. The third-order valence-electron chi connectivity index (χ3n) is 4.56. The molecule has 1 aliphatic rings. The molecule has 2 aromatic rings. The first-order valence-electron chi connectivity index (χ1n) is 9.07. The molecule has 2 N–H and O–H groups in total. The van der Waals surface area contributed by atoms with Crippen molar-refractivity contribution in [3.05, 3.63) is 53.6 Å². The Labute approximate surface area is 159 Å². The van der Waals surface area contributed by atoms with Crippen LogP contribution in [-0.2, 0) is 12.0 Å². The van der Waals surface area contributed by atoms with Gasteiger partial charge in [-0.25, -0.2) is 4.79 Å². The Morgan fingerprint density at radius 1 is 1.11 bits per heavy atom. The first-order valence-corrected chi connectivity index (χ1v) is 9.07. The van der Waals surface area contributed by atoms with Gasteiger partial charge in [-0.15, -0.1) is 0 Å². The van der Waals surface area contributed by atoms with Gasteiger partial charge in [0.05, 0.1) is 12.6 Å². The largest absolute Gasteiger partial charge is 0.496 e. The van der Waals surface area contributed by atoms with Crippen molar-refractivity contribution in [3.8, 4) is 17.2 Å². The predicted octanol–water partition coefficient (Wildman–Crippen LogP) is 3.24. The van der Waals surface area contributed by atoms with Crippen LogP contribution < -0.4 is 24.8 Å². The lowest BCUT2D eigenvalue weighted by molar-refractivity contribution is 0.171. The maximum Gasteiger partial charge on any atom is 0.315 e. The van der Waals surface area contributed by atoms with Crippen molar-refractivity contribution in [2.45, 2.75) is 25.8 Å². The lowest BCUT2D eigenvalue weighted by Gasteiger charge is -2.28. The van der Waals surface area contributed by atoms with Crippen molar-refractivity contribution in [2.75, 3.05) is 26.9 Å². The number of ether oxygens (including phenoxy) is 3. The highest BCUT2D eigenvalue weighted by atomic mass is 16.6. The van der Waals surface area contributed by atoms with Crippen molar-refractivity contribution in [1.82, 2.24) is 10.6 Å². The summed E-state index contributed by atoms with van der Waals surface area (Å²) < 4.78 is 16.5. The van der Waals surface area contributed by atoms with Crippen LogP contribution in [0, 0.1) is 0 Å². The molecule has 0 spiro atoms. The van der Waals surface area contributed by atoms with Crippen molar-refractivity contribution in [3.63, 3.8) is 0 Å². The Kier molecular flexibility index (Phi) is 5.74. The van der Waals surface area contributed by atoms with Gasteiger partial charge in [0.15, 0.2) is 11.5 Å². The Balaban J connectivity index is 1.56. The van der Waals surface area contributed by atoms with Gasteiger partial charge >= 0.3 is 6.03 Å². The molecule has 0 atom stereocenters. The molecule has 1 heterocycles. The van der Waals surface area contributed by atoms with Gasteiger partial charge in [-0.1, -0.05) is 24.3 Å². The highest BCUT2D eigenvalue weighted by Gasteiger charge is 2.25. The maximum absolute atomic E-state index is 12.4. The summed E-state index contributed by atoms with van der Waals surface area (Å²) in [5, 5.41) is 5.93. The average Bonchev–Trinajstić information content (AvgIpc) is 2.67. The molecule has 144 valence electrons. The average molecular weight is 370 g/mol. The van der Waals surface area contributed by atoms with E-state index in [9.17, 15) is 4.79 Å². The van der Waals surface area contributed by atoms with Gasteiger partial charge in [0, 0.05) is 6.54 Å². The fraction of sp³-hybridized carbons (Fsp3) is 0.381. The van der Waals surface area contributed by atoms with Crippen molar-refractivity contribution in [1.29, 1.82) is 0 Å². The molecule has 3 rings (SSSR count). The van der Waals surface area contributed by atoms with Gasteiger partial charge in [0.1, 0.15) is 19.0 Å². The fourth-order valence-corrected chi connectivity index (χ4v) is 3.05. The van der Waals surface area contributed by atoms with E-state index in [1.807, 2.05) is 56.3 Å². The van der Waals surface area contributed by atoms with E-state index in [1.165, 1.54) is 0 Å². The van der Waals surface area contributed by atoms with Crippen LogP contribution in [0.3, 0.4) is 0 Å². The number of nitrogens with one attached hydrogen (secondary N) is 2. The van der Waals surface area contributed by atoms with Crippen molar-refractivity contribution < 1.29 is 19.0 Å². The van der Waals surface area contributed by atoms with E-state index in [0.29, 0.717) is 31.9 Å². The summed E-state index contributed by atoms with van der Waals surface area (Å²) in [6, 6.07) is 13.3. The highest BCUT2D eigenvalue weighted by molar-refractivity contribution is 5.75. The van der Waals surface area contributed by atoms with Gasteiger partial charge < -0.3 is 24.8 Å². The second-order valence-corrected chi connectivity index (χ2v) is 6.93. The Bertz CT molecular complexity index is 805. The number of amides is 2. The predicted molar refractivity (Wildman–Crippen MR) is 104 cm³/mol. The SMILES string of the molecule is COc1ccccc1CCNC(=O)NC(C)(C)c1ccc2c(c1)OCCO2. The third-order valence-corrected chi connectivity index (χ3v) is 4.56. The third kappa shape index (κ3) is 4.64. The molecule has 0 radical (unpaired) electrons. The van der Waals surface area contributed by atoms with E-state index >= 15 is 0 Å². The fourth-order valence-electron chi connectivity index (χ4n) is 3.05. The first kappa shape index (κ1) is 18.9. The zero-order chi connectivity index (χ0) is 19.3. The molecule has 2 amide bonds. The smallest absolute Gasteiger partial charge is 0.315 e. The minimum Gasteiger partial charge on any atom is -0.496 e. The molecule has 6 nitrogen and oxygen atoms in total. The summed E-state index contributed by atoms with van der Waals surface area (Å²) in [5.41, 5.74) is 1.46. The summed E-state index contributed by atoms with van der Waals surface area (Å²) in [5.74, 6) is 2.28. The Morgan fingerprint density at radius 3 is 2.63 bits per heavy atom. The molecular formula is C21H26N2O4. The Morgan fingerprint density at radius 2 is 1.85 bits per heavy atom. The van der Waals surface area contributed by atoms with Crippen molar-refractivity contribution >= 4 is 6.03 Å². The van der Waals surface area contributed by atoms with Crippen LogP contribution in [0.25, 0.3) is 0 Å². The lowest BCUT2D eigenvalue weighted by Crippen LogP contribution is -2.47. The van der Waals surface area contributed by atoms with E-state index in [-0.39, 0.29) is 6.03 Å². The molecule has 1 aliphatic heterocycles. The normalized spacial score (nSPS) is 13.0. The molecule has 2 aromatic carbocycles. The van der Waals surface area contributed by atoms with Crippen LogP contribution in [0.4, 0.5) is 4.79 Å². The number of carbonyl (C=O) groups excluding carboxylic acids is 1. The van der Waals surface area contributed by atoms with Gasteiger partial charge in [-0.3, -0.25) is 0 Å². The monoisotopic (exact) mass is 370 g/mol. The van der Waals surface area contributed by atoms with Crippen LogP contribution in [0.15, 0.2) is 42.5 Å². The van der Waals surface area contributed by atoms with Crippen LogP contribution in [0.2, 0.25) is 0 Å². The van der Waals surface area contributed by atoms with Crippen LogP contribution in [-0.4, -0.2) is 32.9 Å². The zero-order valence-electron chi connectivity index (χ0n) is 16.0. The summed E-state index contributed by atoms with van der Waals surface area (Å²) >= 11 is 0.